The predicted octanol–water partition coefficient (Wildman–Crippen LogP) is 18.6. The van der Waals surface area contributed by atoms with Gasteiger partial charge in [-0.15, -0.1) is 0 Å². The predicted molar refractivity (Wildman–Crippen MR) is 302 cm³/mol. The Morgan fingerprint density at radius 1 is 0.303 bits per heavy atom. The molecule has 0 radical (unpaired) electrons. The molecule has 2 heterocycles. The molecule has 0 amide bonds. The van der Waals surface area contributed by atoms with Crippen LogP contribution in [0.25, 0.3) is 122 Å². The van der Waals surface area contributed by atoms with Crippen molar-refractivity contribution in [2.24, 2.45) is 0 Å². The molecule has 4 nitrogen and oxygen atoms in total. The summed E-state index contributed by atoms with van der Waals surface area (Å²) in [5.74, 6) is 0. The van der Waals surface area contributed by atoms with Gasteiger partial charge in [0.2, 0.25) is 0 Å². The molecule has 76 heavy (non-hydrogen) atoms. The van der Waals surface area contributed by atoms with Crippen LogP contribution in [-0.2, 0) is 6.18 Å². The minimum absolute atomic E-state index is 0.107. The summed E-state index contributed by atoms with van der Waals surface area (Å²) in [6, 6.07) is 86.6. The van der Waals surface area contributed by atoms with Crippen LogP contribution in [0, 0.1) is 22.7 Å². The van der Waals surface area contributed by atoms with E-state index >= 15 is 0 Å². The molecule has 0 saturated heterocycles. The van der Waals surface area contributed by atoms with Crippen molar-refractivity contribution in [2.75, 3.05) is 0 Å². The number of alkyl halides is 3. The van der Waals surface area contributed by atoms with Crippen LogP contribution in [0.3, 0.4) is 0 Å². The monoisotopic (exact) mass is 982 g/mol. The maximum absolute atomic E-state index is 14.2. The Morgan fingerprint density at radius 3 is 1.04 bits per heavy atom. The number of halogens is 3. The highest BCUT2D eigenvalue weighted by atomic mass is 19.4. The topological polar surface area (TPSA) is 57.4 Å². The van der Waals surface area contributed by atoms with E-state index in [0.29, 0.717) is 27.8 Å². The fourth-order valence-corrected chi connectivity index (χ4v) is 11.0. The molecule has 7 heteroatoms. The second-order valence-electron chi connectivity index (χ2n) is 19.0. The summed E-state index contributed by atoms with van der Waals surface area (Å²) in [5, 5.41) is 25.3. The van der Waals surface area contributed by atoms with Gasteiger partial charge in [-0.05, 0) is 147 Å². The Kier molecular flexibility index (Phi) is 11.0. The first-order chi connectivity index (χ1) is 37.2. The van der Waals surface area contributed by atoms with Crippen molar-refractivity contribution >= 4 is 43.6 Å². The minimum atomic E-state index is -4.64. The lowest BCUT2D eigenvalue weighted by atomic mass is 9.92. The molecule has 358 valence electrons. The van der Waals surface area contributed by atoms with Gasteiger partial charge in [-0.2, -0.15) is 23.7 Å². The molecule has 0 fully saturated rings. The number of hydrogen-bond acceptors (Lipinski definition) is 2. The van der Waals surface area contributed by atoms with Gasteiger partial charge in [-0.3, -0.25) is 0 Å². The average Bonchev–Trinajstić information content (AvgIpc) is 4.12. The van der Waals surface area contributed by atoms with Crippen molar-refractivity contribution < 1.29 is 13.2 Å². The lowest BCUT2D eigenvalue weighted by Gasteiger charge is -2.20. The van der Waals surface area contributed by atoms with E-state index in [-0.39, 0.29) is 5.56 Å². The fraction of sp³-hybridized carbons (Fsp3) is 0.0145. The molecule has 0 N–H and O–H groups in total. The average molecular weight is 983 g/mol. The van der Waals surface area contributed by atoms with Crippen LogP contribution < -0.4 is 0 Å². The summed E-state index contributed by atoms with van der Waals surface area (Å²) >= 11 is 0. The zero-order valence-electron chi connectivity index (χ0n) is 40.6. The van der Waals surface area contributed by atoms with Crippen molar-refractivity contribution in [1.29, 1.82) is 10.5 Å². The van der Waals surface area contributed by atoms with E-state index in [4.69, 9.17) is 0 Å². The van der Waals surface area contributed by atoms with Crippen molar-refractivity contribution in [3.8, 4) is 90.3 Å². The van der Waals surface area contributed by atoms with Crippen LogP contribution in [0.15, 0.2) is 249 Å². The standard InChI is InChI=1S/C69H41F3N4/c70-69(71,72)55-27-28-56(54(36-55)43-74)53-26-34-68(76-66-32-24-51(47-17-9-3-10-18-47)39-60(66)61-40-52(25-33-67(61)76)48-19-11-4-12-20-48)62(41-53)57-35-44(42-73)21-29-63(57)75-64-30-22-49(45-13-5-1-6-14-45)37-58(64)59-38-50(23-31-65(59)75)46-15-7-2-8-16-46/h1-41H. The molecular weight excluding hydrogens is 942 g/mol. The molecule has 0 spiro atoms. The number of benzene rings is 11. The molecule has 0 unspecified atom stereocenters. The molecule has 0 aliphatic carbocycles. The second kappa shape index (κ2) is 18.4. The fourth-order valence-electron chi connectivity index (χ4n) is 11.0. The van der Waals surface area contributed by atoms with Gasteiger partial charge in [0, 0.05) is 32.7 Å². The summed E-state index contributed by atoms with van der Waals surface area (Å²) in [7, 11) is 0. The Morgan fingerprint density at radius 2 is 0.671 bits per heavy atom. The Hall–Kier alpha value is -10.2. The van der Waals surface area contributed by atoms with Gasteiger partial charge in [0.1, 0.15) is 0 Å². The lowest BCUT2D eigenvalue weighted by Crippen LogP contribution is -2.05. The van der Waals surface area contributed by atoms with E-state index < -0.39 is 11.7 Å². The highest BCUT2D eigenvalue weighted by Crippen LogP contribution is 2.46. The van der Waals surface area contributed by atoms with Crippen molar-refractivity contribution in [3.63, 3.8) is 0 Å². The Balaban J connectivity index is 1.12. The van der Waals surface area contributed by atoms with Gasteiger partial charge in [0.25, 0.3) is 0 Å². The molecule has 0 aliphatic heterocycles. The van der Waals surface area contributed by atoms with E-state index in [1.54, 1.807) is 0 Å². The molecule has 0 atom stereocenters. The van der Waals surface area contributed by atoms with Crippen molar-refractivity contribution in [1.82, 2.24) is 9.13 Å². The lowest BCUT2D eigenvalue weighted by molar-refractivity contribution is -0.137. The first kappa shape index (κ1) is 45.6. The summed E-state index contributed by atoms with van der Waals surface area (Å²) in [5.41, 5.74) is 15.6. The Bertz CT molecular complexity index is 4310. The summed E-state index contributed by atoms with van der Waals surface area (Å²) in [6.45, 7) is 0. The van der Waals surface area contributed by atoms with E-state index in [1.165, 1.54) is 6.07 Å². The maximum Gasteiger partial charge on any atom is 0.416 e. The Labute approximate surface area is 436 Å². The van der Waals surface area contributed by atoms with Crippen molar-refractivity contribution in [3.05, 3.63) is 265 Å². The summed E-state index contributed by atoms with van der Waals surface area (Å²) < 4.78 is 47.0. The zero-order valence-corrected chi connectivity index (χ0v) is 40.6. The molecule has 0 saturated carbocycles. The number of nitrogens with zero attached hydrogens (tertiary/aromatic N) is 4. The highest BCUT2D eigenvalue weighted by Gasteiger charge is 2.31. The van der Waals surface area contributed by atoms with Crippen LogP contribution >= 0.6 is 0 Å². The smallest absolute Gasteiger partial charge is 0.309 e. The number of hydrogen-bond donors (Lipinski definition) is 0. The summed E-state index contributed by atoms with van der Waals surface area (Å²) in [6.07, 6.45) is -4.64. The first-order valence-electron chi connectivity index (χ1n) is 24.9. The maximum atomic E-state index is 14.2. The third kappa shape index (κ3) is 7.87. The molecule has 13 aromatic rings. The zero-order chi connectivity index (χ0) is 51.5. The van der Waals surface area contributed by atoms with Gasteiger partial charge in [0.15, 0.2) is 0 Å². The van der Waals surface area contributed by atoms with Gasteiger partial charge in [0.05, 0.1) is 62.3 Å². The number of fused-ring (bicyclic) bond motifs is 6. The third-order valence-electron chi connectivity index (χ3n) is 14.6. The number of aromatic nitrogens is 2. The largest absolute Gasteiger partial charge is 0.416 e. The quantitative estimate of drug-likeness (QED) is 0.152. The molecule has 2 aromatic heterocycles. The van der Waals surface area contributed by atoms with Crippen LogP contribution in [0.1, 0.15) is 16.7 Å². The SMILES string of the molecule is N#Cc1ccc(-n2c3ccc(-c4ccccc4)cc3c3cc(-c4ccccc4)ccc32)c(-c2cc(-c3ccc(C(F)(F)F)cc3C#N)ccc2-n2c3ccc(-c4ccccc4)cc3c3cc(-c4ccccc4)ccc32)c1. The van der Waals surface area contributed by atoms with Gasteiger partial charge < -0.3 is 9.13 Å². The summed E-state index contributed by atoms with van der Waals surface area (Å²) in [4.78, 5) is 0. The number of rotatable bonds is 8. The van der Waals surface area contributed by atoms with E-state index in [2.05, 4.69) is 143 Å². The van der Waals surface area contributed by atoms with Crippen LogP contribution in [-0.4, -0.2) is 9.13 Å². The van der Waals surface area contributed by atoms with Crippen LogP contribution in [0.4, 0.5) is 13.2 Å². The van der Waals surface area contributed by atoms with Gasteiger partial charge in [-0.1, -0.05) is 158 Å². The molecular formula is C69H41F3N4. The van der Waals surface area contributed by atoms with Crippen LogP contribution in [0.5, 0.6) is 0 Å². The molecule has 11 aromatic carbocycles. The third-order valence-corrected chi connectivity index (χ3v) is 14.6. The van der Waals surface area contributed by atoms with E-state index in [9.17, 15) is 23.7 Å². The van der Waals surface area contributed by atoms with E-state index in [0.717, 1.165) is 112 Å². The normalized spacial score (nSPS) is 11.6. The van der Waals surface area contributed by atoms with E-state index in [1.807, 2.05) is 109 Å². The van der Waals surface area contributed by atoms with Gasteiger partial charge in [-0.25, -0.2) is 0 Å². The highest BCUT2D eigenvalue weighted by molar-refractivity contribution is 6.14. The molecule has 0 bridgehead atoms. The second-order valence-corrected chi connectivity index (χ2v) is 19.0. The minimum Gasteiger partial charge on any atom is -0.309 e. The molecule has 0 aliphatic rings. The van der Waals surface area contributed by atoms with Crippen LogP contribution in [0.2, 0.25) is 0 Å². The van der Waals surface area contributed by atoms with Crippen molar-refractivity contribution in [2.45, 2.75) is 6.18 Å². The first-order valence-corrected chi connectivity index (χ1v) is 24.9. The molecule has 13 rings (SSSR count). The number of nitriles is 2. The van der Waals surface area contributed by atoms with Gasteiger partial charge >= 0.3 is 6.18 Å².